The Bertz CT molecular complexity index is 443. The van der Waals surface area contributed by atoms with E-state index < -0.39 is 0 Å². The van der Waals surface area contributed by atoms with Crippen LogP contribution in [0.15, 0.2) is 24.4 Å². The van der Waals surface area contributed by atoms with Gasteiger partial charge in [0.2, 0.25) is 5.91 Å². The van der Waals surface area contributed by atoms with Crippen LogP contribution in [0.25, 0.3) is 0 Å². The summed E-state index contributed by atoms with van der Waals surface area (Å²) in [4.78, 5) is 20.9. The minimum absolute atomic E-state index is 0. The molecule has 2 N–H and O–H groups in total. The normalized spacial score (nSPS) is 14.0. The molecule has 2 heterocycles. The Morgan fingerprint density at radius 1 is 1.00 bits per heavy atom. The quantitative estimate of drug-likeness (QED) is 0.666. The van der Waals surface area contributed by atoms with Crippen LogP contribution in [0.3, 0.4) is 0 Å². The number of aromatic nitrogens is 1. The number of hydrogen-bond acceptors (Lipinski definition) is 4. The van der Waals surface area contributed by atoms with Gasteiger partial charge in [-0.1, -0.05) is 18.9 Å². The summed E-state index contributed by atoms with van der Waals surface area (Å²) >= 11 is 0. The Balaban J connectivity index is 0. The van der Waals surface area contributed by atoms with Crippen molar-refractivity contribution in [2.75, 3.05) is 32.7 Å². The monoisotopic (exact) mass is 412 g/mol. The van der Waals surface area contributed by atoms with Gasteiger partial charge in [0.1, 0.15) is 0 Å². The van der Waals surface area contributed by atoms with Gasteiger partial charge in [-0.3, -0.25) is 14.7 Å². The maximum absolute atomic E-state index is 12.2. The first kappa shape index (κ1) is 26.6. The predicted molar refractivity (Wildman–Crippen MR) is 110 cm³/mol. The third-order valence-corrected chi connectivity index (χ3v) is 4.18. The first-order valence-corrected chi connectivity index (χ1v) is 8.39. The van der Waals surface area contributed by atoms with Crippen LogP contribution in [0.1, 0.15) is 37.8 Å². The van der Waals surface area contributed by atoms with Crippen LogP contribution in [0.2, 0.25) is 0 Å². The second kappa shape index (κ2) is 15.6. The van der Waals surface area contributed by atoms with Crippen LogP contribution in [0.5, 0.6) is 0 Å². The van der Waals surface area contributed by atoms with Crippen molar-refractivity contribution in [1.29, 1.82) is 0 Å². The number of pyridine rings is 1. The standard InChI is InChI=1S/C17H28N4O.3ClH/c18-9-5-2-1-3-8-17(22)21-13-11-20(12-14-21)15-16-7-4-6-10-19-16;;;/h4,6-7,10H,1-3,5,8-9,11-15,18H2;3*1H. The average molecular weight is 414 g/mol. The molecule has 0 aromatic carbocycles. The number of halogens is 3. The van der Waals surface area contributed by atoms with Crippen molar-refractivity contribution >= 4 is 43.1 Å². The molecule has 0 spiro atoms. The molecule has 1 aliphatic heterocycles. The number of unbranched alkanes of at least 4 members (excludes halogenated alkanes) is 3. The van der Waals surface area contributed by atoms with Crippen molar-refractivity contribution in [2.45, 2.75) is 38.6 Å². The lowest BCUT2D eigenvalue weighted by Crippen LogP contribution is -2.48. The summed E-state index contributed by atoms with van der Waals surface area (Å²) in [6, 6.07) is 6.01. The van der Waals surface area contributed by atoms with Crippen molar-refractivity contribution < 1.29 is 4.79 Å². The third-order valence-electron chi connectivity index (χ3n) is 4.18. The molecule has 1 aromatic heterocycles. The van der Waals surface area contributed by atoms with E-state index in [9.17, 15) is 4.79 Å². The largest absolute Gasteiger partial charge is 0.340 e. The van der Waals surface area contributed by atoms with Crippen LogP contribution in [-0.2, 0) is 11.3 Å². The highest BCUT2D eigenvalue weighted by Crippen LogP contribution is 2.10. The van der Waals surface area contributed by atoms with Gasteiger partial charge in [0.05, 0.1) is 5.69 Å². The smallest absolute Gasteiger partial charge is 0.222 e. The fourth-order valence-electron chi connectivity index (χ4n) is 2.81. The number of nitrogens with zero attached hydrogens (tertiary/aromatic N) is 3. The lowest BCUT2D eigenvalue weighted by Gasteiger charge is -2.34. The maximum atomic E-state index is 12.2. The lowest BCUT2D eigenvalue weighted by molar-refractivity contribution is -0.133. The zero-order chi connectivity index (χ0) is 15.6. The molecule has 0 aliphatic carbocycles. The lowest BCUT2D eigenvalue weighted by atomic mass is 10.1. The summed E-state index contributed by atoms with van der Waals surface area (Å²) in [6.07, 6.45) is 6.84. The number of amides is 1. The van der Waals surface area contributed by atoms with Gasteiger partial charge in [-0.05, 0) is 31.5 Å². The number of hydrogen-bond donors (Lipinski definition) is 1. The minimum atomic E-state index is 0. The van der Waals surface area contributed by atoms with Crippen molar-refractivity contribution in [2.24, 2.45) is 5.73 Å². The molecule has 8 heteroatoms. The van der Waals surface area contributed by atoms with Crippen LogP contribution in [0, 0.1) is 0 Å². The van der Waals surface area contributed by atoms with E-state index in [1.54, 1.807) is 0 Å². The van der Waals surface area contributed by atoms with Gasteiger partial charge in [-0.25, -0.2) is 0 Å². The Morgan fingerprint density at radius 2 is 1.68 bits per heavy atom. The van der Waals surface area contributed by atoms with Crippen LogP contribution >= 0.6 is 37.2 Å². The van der Waals surface area contributed by atoms with Crippen molar-refractivity contribution in [3.05, 3.63) is 30.1 Å². The second-order valence-corrected chi connectivity index (χ2v) is 5.93. The van der Waals surface area contributed by atoms with E-state index in [1.165, 1.54) is 0 Å². The summed E-state index contributed by atoms with van der Waals surface area (Å²) < 4.78 is 0. The van der Waals surface area contributed by atoms with E-state index in [0.29, 0.717) is 12.3 Å². The first-order chi connectivity index (χ1) is 10.8. The minimum Gasteiger partial charge on any atom is -0.340 e. The van der Waals surface area contributed by atoms with Gasteiger partial charge in [0.25, 0.3) is 0 Å². The molecular formula is C17H31Cl3N4O. The maximum Gasteiger partial charge on any atom is 0.222 e. The summed E-state index contributed by atoms with van der Waals surface area (Å²) in [6.45, 7) is 5.20. The van der Waals surface area contributed by atoms with Crippen molar-refractivity contribution in [1.82, 2.24) is 14.8 Å². The molecule has 1 amide bonds. The SMILES string of the molecule is Cl.Cl.Cl.NCCCCCCC(=O)N1CCN(Cc2ccccn2)CC1. The molecule has 5 nitrogen and oxygen atoms in total. The number of nitrogens with two attached hydrogens (primary N) is 1. The van der Waals surface area contributed by atoms with Gasteiger partial charge in [-0.15, -0.1) is 37.2 Å². The molecule has 146 valence electrons. The number of piperazine rings is 1. The molecule has 25 heavy (non-hydrogen) atoms. The number of carbonyl (C=O) groups excluding carboxylic acids is 1. The van der Waals surface area contributed by atoms with E-state index in [0.717, 1.165) is 70.6 Å². The molecule has 2 rings (SSSR count). The second-order valence-electron chi connectivity index (χ2n) is 5.93. The number of rotatable bonds is 8. The molecule has 1 aromatic rings. The van der Waals surface area contributed by atoms with Gasteiger partial charge >= 0.3 is 0 Å². The molecule has 0 saturated carbocycles. The van der Waals surface area contributed by atoms with Crippen LogP contribution in [0.4, 0.5) is 0 Å². The Labute approximate surface area is 170 Å². The molecule has 1 saturated heterocycles. The Kier molecular flexibility index (Phi) is 16.7. The molecule has 0 radical (unpaired) electrons. The molecule has 0 atom stereocenters. The zero-order valence-electron chi connectivity index (χ0n) is 14.6. The highest BCUT2D eigenvalue weighted by molar-refractivity contribution is 5.86. The molecule has 0 unspecified atom stereocenters. The summed E-state index contributed by atoms with van der Waals surface area (Å²) in [5.41, 5.74) is 6.57. The summed E-state index contributed by atoms with van der Waals surface area (Å²) in [5, 5.41) is 0. The zero-order valence-corrected chi connectivity index (χ0v) is 17.1. The van der Waals surface area contributed by atoms with Gasteiger partial charge in [-0.2, -0.15) is 0 Å². The van der Waals surface area contributed by atoms with Gasteiger partial charge < -0.3 is 10.6 Å². The Hall–Kier alpha value is -0.590. The molecule has 1 aliphatic rings. The van der Waals surface area contributed by atoms with E-state index in [4.69, 9.17) is 5.73 Å². The average Bonchev–Trinajstić information content (AvgIpc) is 2.56. The fourth-order valence-corrected chi connectivity index (χ4v) is 2.81. The van der Waals surface area contributed by atoms with E-state index >= 15 is 0 Å². The summed E-state index contributed by atoms with van der Waals surface area (Å²) in [7, 11) is 0. The number of carbonyl (C=O) groups is 1. The van der Waals surface area contributed by atoms with Gasteiger partial charge in [0.15, 0.2) is 0 Å². The highest BCUT2D eigenvalue weighted by Gasteiger charge is 2.20. The van der Waals surface area contributed by atoms with E-state index in [-0.39, 0.29) is 37.2 Å². The molecular weight excluding hydrogens is 383 g/mol. The van der Waals surface area contributed by atoms with Crippen LogP contribution in [-0.4, -0.2) is 53.4 Å². The van der Waals surface area contributed by atoms with Crippen molar-refractivity contribution in [3.8, 4) is 0 Å². The molecule has 0 bridgehead atoms. The fraction of sp³-hybridized carbons (Fsp3) is 0.647. The molecule has 1 fully saturated rings. The summed E-state index contributed by atoms with van der Waals surface area (Å²) in [5.74, 6) is 0.310. The highest BCUT2D eigenvalue weighted by atomic mass is 35.5. The van der Waals surface area contributed by atoms with Crippen molar-refractivity contribution in [3.63, 3.8) is 0 Å². The first-order valence-electron chi connectivity index (χ1n) is 8.39. The van der Waals surface area contributed by atoms with E-state index in [1.807, 2.05) is 23.2 Å². The van der Waals surface area contributed by atoms with Gasteiger partial charge in [0, 0.05) is 45.3 Å². The van der Waals surface area contributed by atoms with Crippen LogP contribution < -0.4 is 5.73 Å². The third kappa shape index (κ3) is 10.2. The topological polar surface area (TPSA) is 62.5 Å². The van der Waals surface area contributed by atoms with E-state index in [2.05, 4.69) is 16.0 Å². The predicted octanol–water partition coefficient (Wildman–Crippen LogP) is 2.90. The Morgan fingerprint density at radius 3 is 2.28 bits per heavy atom.